The van der Waals surface area contributed by atoms with E-state index >= 15 is 0 Å². The van der Waals surface area contributed by atoms with E-state index in [0.717, 1.165) is 29.7 Å². The van der Waals surface area contributed by atoms with Gasteiger partial charge >= 0.3 is 0 Å². The standard InChI is InChI=1S/C18H19N5O/c1-2-12-8-5-9-20-16(12)11-21-17(24)15-10-14(22-18(19)23-15)13-6-3-4-7-13/h3-6,8-10H,2,7,11H2,1H3,(H,21,24)(H2,19,22,23). The minimum absolute atomic E-state index is 0.0949. The molecule has 2 aromatic heterocycles. The summed E-state index contributed by atoms with van der Waals surface area (Å²) in [7, 11) is 0. The zero-order valence-corrected chi connectivity index (χ0v) is 13.5. The van der Waals surface area contributed by atoms with E-state index < -0.39 is 0 Å². The number of allylic oxidation sites excluding steroid dienone is 4. The number of carbonyl (C=O) groups is 1. The Kier molecular flexibility index (Phi) is 4.65. The van der Waals surface area contributed by atoms with E-state index in [2.05, 4.69) is 27.2 Å². The van der Waals surface area contributed by atoms with Crippen LogP contribution in [0, 0.1) is 0 Å². The number of hydrogen-bond acceptors (Lipinski definition) is 5. The summed E-state index contributed by atoms with van der Waals surface area (Å²) in [6.07, 6.45) is 9.32. The van der Waals surface area contributed by atoms with Crippen molar-refractivity contribution in [1.29, 1.82) is 0 Å². The number of hydrogen-bond donors (Lipinski definition) is 2. The van der Waals surface area contributed by atoms with Crippen molar-refractivity contribution in [1.82, 2.24) is 20.3 Å². The van der Waals surface area contributed by atoms with Gasteiger partial charge in [-0.2, -0.15) is 0 Å². The van der Waals surface area contributed by atoms with Crippen molar-refractivity contribution in [2.45, 2.75) is 26.3 Å². The van der Waals surface area contributed by atoms with E-state index in [4.69, 9.17) is 5.73 Å². The minimum Gasteiger partial charge on any atom is -0.368 e. The molecule has 1 aliphatic carbocycles. The molecule has 0 atom stereocenters. The molecule has 0 saturated carbocycles. The van der Waals surface area contributed by atoms with E-state index in [0.29, 0.717) is 12.2 Å². The fraction of sp³-hybridized carbons (Fsp3) is 0.222. The predicted octanol–water partition coefficient (Wildman–Crippen LogP) is 2.29. The van der Waals surface area contributed by atoms with Gasteiger partial charge < -0.3 is 11.1 Å². The summed E-state index contributed by atoms with van der Waals surface area (Å²) in [4.78, 5) is 25.0. The number of pyridine rings is 1. The normalized spacial score (nSPS) is 13.0. The lowest BCUT2D eigenvalue weighted by Gasteiger charge is -2.09. The number of rotatable bonds is 5. The maximum Gasteiger partial charge on any atom is 0.270 e. The lowest BCUT2D eigenvalue weighted by atomic mass is 10.1. The van der Waals surface area contributed by atoms with Gasteiger partial charge in [-0.25, -0.2) is 9.97 Å². The van der Waals surface area contributed by atoms with Gasteiger partial charge in [0.2, 0.25) is 5.95 Å². The van der Waals surface area contributed by atoms with Crippen LogP contribution in [0.2, 0.25) is 0 Å². The number of nitrogens with zero attached hydrogens (tertiary/aromatic N) is 3. The van der Waals surface area contributed by atoms with E-state index in [-0.39, 0.29) is 17.5 Å². The quantitative estimate of drug-likeness (QED) is 0.881. The maximum absolute atomic E-state index is 12.4. The highest BCUT2D eigenvalue weighted by Crippen LogP contribution is 2.22. The van der Waals surface area contributed by atoms with E-state index in [9.17, 15) is 4.79 Å². The molecule has 6 nitrogen and oxygen atoms in total. The molecule has 3 N–H and O–H groups in total. The summed E-state index contributed by atoms with van der Waals surface area (Å²) in [5, 5.41) is 2.85. The van der Waals surface area contributed by atoms with Crippen molar-refractivity contribution in [2.24, 2.45) is 0 Å². The lowest BCUT2D eigenvalue weighted by Crippen LogP contribution is -2.25. The van der Waals surface area contributed by atoms with Crippen molar-refractivity contribution in [3.63, 3.8) is 0 Å². The molecule has 2 heterocycles. The zero-order chi connectivity index (χ0) is 16.9. The SMILES string of the molecule is CCc1cccnc1CNC(=O)c1cc(C2=CC=CC2)nc(N)n1. The number of nitrogens with one attached hydrogen (secondary N) is 1. The van der Waals surface area contributed by atoms with Crippen molar-refractivity contribution >= 4 is 17.4 Å². The third-order valence-corrected chi connectivity index (χ3v) is 3.86. The summed E-state index contributed by atoms with van der Waals surface area (Å²) < 4.78 is 0. The molecule has 0 radical (unpaired) electrons. The molecule has 3 rings (SSSR count). The van der Waals surface area contributed by atoms with Crippen LogP contribution in [-0.4, -0.2) is 20.9 Å². The van der Waals surface area contributed by atoms with Gasteiger partial charge in [0.05, 0.1) is 17.9 Å². The van der Waals surface area contributed by atoms with Crippen LogP contribution in [-0.2, 0) is 13.0 Å². The Morgan fingerprint density at radius 2 is 2.25 bits per heavy atom. The number of nitrogen functional groups attached to an aromatic ring is 1. The van der Waals surface area contributed by atoms with Gasteiger partial charge in [-0.1, -0.05) is 31.2 Å². The minimum atomic E-state index is -0.287. The molecule has 0 saturated heterocycles. The van der Waals surface area contributed by atoms with Crippen LogP contribution >= 0.6 is 0 Å². The zero-order valence-electron chi connectivity index (χ0n) is 13.5. The van der Waals surface area contributed by atoms with Crippen LogP contribution in [0.1, 0.15) is 40.8 Å². The van der Waals surface area contributed by atoms with Gasteiger partial charge in [-0.3, -0.25) is 9.78 Å². The second-order valence-electron chi connectivity index (χ2n) is 5.47. The molecule has 0 bridgehead atoms. The second-order valence-corrected chi connectivity index (χ2v) is 5.47. The van der Waals surface area contributed by atoms with Crippen molar-refractivity contribution in [3.05, 3.63) is 65.3 Å². The first kappa shape index (κ1) is 15.9. The van der Waals surface area contributed by atoms with Gasteiger partial charge in [0.15, 0.2) is 0 Å². The Morgan fingerprint density at radius 3 is 3.00 bits per heavy atom. The third kappa shape index (κ3) is 3.48. The summed E-state index contributed by atoms with van der Waals surface area (Å²) in [5.74, 6) is -0.192. The molecule has 0 aliphatic heterocycles. The van der Waals surface area contributed by atoms with Gasteiger partial charge in [0.25, 0.3) is 5.91 Å². The number of anilines is 1. The van der Waals surface area contributed by atoms with E-state index in [1.807, 2.05) is 30.4 Å². The van der Waals surface area contributed by atoms with E-state index in [1.165, 1.54) is 0 Å². The highest BCUT2D eigenvalue weighted by atomic mass is 16.1. The van der Waals surface area contributed by atoms with Crippen molar-refractivity contribution in [2.75, 3.05) is 5.73 Å². The van der Waals surface area contributed by atoms with Crippen LogP contribution in [0.15, 0.2) is 42.6 Å². The van der Waals surface area contributed by atoms with Gasteiger partial charge in [0.1, 0.15) is 5.69 Å². The van der Waals surface area contributed by atoms with Crippen molar-refractivity contribution in [3.8, 4) is 0 Å². The third-order valence-electron chi connectivity index (χ3n) is 3.86. The van der Waals surface area contributed by atoms with Gasteiger partial charge in [-0.05, 0) is 36.1 Å². The maximum atomic E-state index is 12.4. The summed E-state index contributed by atoms with van der Waals surface area (Å²) >= 11 is 0. The average molecular weight is 321 g/mol. The number of nitrogens with two attached hydrogens (primary N) is 1. The number of carbonyl (C=O) groups excluding carboxylic acids is 1. The number of aromatic nitrogens is 3. The molecule has 0 unspecified atom stereocenters. The second kappa shape index (κ2) is 7.04. The lowest BCUT2D eigenvalue weighted by molar-refractivity contribution is 0.0945. The Morgan fingerprint density at radius 1 is 1.38 bits per heavy atom. The summed E-state index contributed by atoms with van der Waals surface area (Å²) in [5.41, 5.74) is 9.70. The first-order chi connectivity index (χ1) is 11.7. The Hall–Kier alpha value is -3.02. The van der Waals surface area contributed by atoms with Crippen LogP contribution < -0.4 is 11.1 Å². The monoisotopic (exact) mass is 321 g/mol. The summed E-state index contributed by atoms with van der Waals surface area (Å²) in [6.45, 7) is 2.41. The molecule has 0 fully saturated rings. The topological polar surface area (TPSA) is 93.8 Å². The predicted molar refractivity (Wildman–Crippen MR) is 93.0 cm³/mol. The smallest absolute Gasteiger partial charge is 0.270 e. The first-order valence-electron chi connectivity index (χ1n) is 7.89. The fourth-order valence-corrected chi connectivity index (χ4v) is 2.59. The highest BCUT2D eigenvalue weighted by Gasteiger charge is 2.14. The van der Waals surface area contributed by atoms with Crippen molar-refractivity contribution < 1.29 is 4.79 Å². The molecular formula is C18H19N5O. The summed E-state index contributed by atoms with van der Waals surface area (Å²) in [6, 6.07) is 5.57. The van der Waals surface area contributed by atoms with Gasteiger partial charge in [0, 0.05) is 6.20 Å². The van der Waals surface area contributed by atoms with Crippen LogP contribution in [0.5, 0.6) is 0 Å². The molecule has 0 aromatic carbocycles. The molecule has 1 amide bonds. The Balaban J connectivity index is 1.75. The number of amides is 1. The molecule has 2 aromatic rings. The first-order valence-corrected chi connectivity index (χ1v) is 7.89. The molecular weight excluding hydrogens is 302 g/mol. The van der Waals surface area contributed by atoms with Crippen LogP contribution in [0.25, 0.3) is 5.57 Å². The molecule has 24 heavy (non-hydrogen) atoms. The molecule has 122 valence electrons. The van der Waals surface area contributed by atoms with Crippen LogP contribution in [0.4, 0.5) is 5.95 Å². The van der Waals surface area contributed by atoms with Gasteiger partial charge in [-0.15, -0.1) is 0 Å². The van der Waals surface area contributed by atoms with E-state index in [1.54, 1.807) is 12.3 Å². The van der Waals surface area contributed by atoms with Crippen LogP contribution in [0.3, 0.4) is 0 Å². The Bertz CT molecular complexity index is 826. The molecule has 6 heteroatoms. The Labute approximate surface area is 140 Å². The fourth-order valence-electron chi connectivity index (χ4n) is 2.59. The highest BCUT2D eigenvalue weighted by molar-refractivity contribution is 5.93. The molecule has 0 spiro atoms. The average Bonchev–Trinajstić information content (AvgIpc) is 3.14. The molecule has 1 aliphatic rings. The largest absolute Gasteiger partial charge is 0.368 e. The number of aryl methyl sites for hydroxylation is 1.